The van der Waals surface area contributed by atoms with Crippen molar-refractivity contribution in [1.29, 1.82) is 0 Å². The van der Waals surface area contributed by atoms with E-state index < -0.39 is 5.82 Å². The minimum atomic E-state index is -0.466. The highest BCUT2D eigenvalue weighted by Crippen LogP contribution is 2.14. The van der Waals surface area contributed by atoms with Crippen molar-refractivity contribution in [3.05, 3.63) is 29.6 Å². The molecule has 0 atom stereocenters. The number of hydrogen-bond donors (Lipinski definition) is 2. The molecule has 0 bridgehead atoms. The Morgan fingerprint density at radius 3 is 2.76 bits per heavy atom. The number of ether oxygens (including phenoxy) is 1. The van der Waals surface area contributed by atoms with Crippen LogP contribution in [0.4, 0.5) is 10.1 Å². The summed E-state index contributed by atoms with van der Waals surface area (Å²) in [6.45, 7) is 2.89. The van der Waals surface area contributed by atoms with E-state index in [-0.39, 0.29) is 16.5 Å². The van der Waals surface area contributed by atoms with Gasteiger partial charge in [-0.25, -0.2) is 4.39 Å². The fourth-order valence-corrected chi connectivity index (χ4v) is 2.28. The van der Waals surface area contributed by atoms with Crippen LogP contribution < -0.4 is 11.1 Å². The lowest BCUT2D eigenvalue weighted by Crippen LogP contribution is -2.41. The second-order valence-corrected chi connectivity index (χ2v) is 5.17. The minimum Gasteiger partial charge on any atom is -0.389 e. The molecule has 1 heterocycles. The van der Waals surface area contributed by atoms with Gasteiger partial charge < -0.3 is 20.7 Å². The molecule has 0 aliphatic carbocycles. The van der Waals surface area contributed by atoms with Gasteiger partial charge in [-0.2, -0.15) is 0 Å². The Labute approximate surface area is 128 Å². The number of morpholine rings is 1. The van der Waals surface area contributed by atoms with Gasteiger partial charge in [-0.3, -0.25) is 4.79 Å². The quantitative estimate of drug-likeness (QED) is 0.798. The molecule has 2 rings (SSSR count). The number of thiocarbonyl (C=S) groups is 1. The second-order valence-electron chi connectivity index (χ2n) is 4.73. The van der Waals surface area contributed by atoms with E-state index in [4.69, 9.17) is 22.7 Å². The first-order valence-corrected chi connectivity index (χ1v) is 7.17. The van der Waals surface area contributed by atoms with Crippen molar-refractivity contribution in [2.24, 2.45) is 5.73 Å². The Morgan fingerprint density at radius 1 is 1.43 bits per heavy atom. The fraction of sp³-hybridized carbons (Fsp3) is 0.429. The maximum absolute atomic E-state index is 13.7. The molecule has 1 aromatic rings. The van der Waals surface area contributed by atoms with E-state index in [1.165, 1.54) is 12.1 Å². The molecule has 0 radical (unpaired) electrons. The molecular formula is C14H18FN3O2S. The molecule has 0 spiro atoms. The molecule has 1 saturated heterocycles. The Balaban J connectivity index is 1.81. The number of carbonyl (C=O) groups is 1. The van der Waals surface area contributed by atoms with Crippen LogP contribution in [0.25, 0.3) is 0 Å². The van der Waals surface area contributed by atoms with Crippen molar-refractivity contribution in [3.8, 4) is 0 Å². The summed E-state index contributed by atoms with van der Waals surface area (Å²) in [6, 6.07) is 4.55. The molecule has 1 aliphatic rings. The highest BCUT2D eigenvalue weighted by Gasteiger charge is 2.16. The molecule has 0 unspecified atom stereocenters. The molecule has 0 saturated carbocycles. The lowest BCUT2D eigenvalue weighted by Gasteiger charge is -2.26. The summed E-state index contributed by atoms with van der Waals surface area (Å²) in [4.78, 5) is 13.7. The number of nitrogens with two attached hydrogens (primary N) is 1. The van der Waals surface area contributed by atoms with E-state index in [9.17, 15) is 9.18 Å². The highest BCUT2D eigenvalue weighted by atomic mass is 32.1. The van der Waals surface area contributed by atoms with Crippen LogP contribution in [0.3, 0.4) is 0 Å². The van der Waals surface area contributed by atoms with Crippen molar-refractivity contribution in [2.75, 3.05) is 38.2 Å². The predicted octanol–water partition coefficient (Wildman–Crippen LogP) is 1.12. The van der Waals surface area contributed by atoms with Gasteiger partial charge in [0.25, 0.3) is 0 Å². The lowest BCUT2D eigenvalue weighted by molar-refractivity contribution is -0.134. The molecule has 0 aromatic heterocycles. The largest absolute Gasteiger partial charge is 0.389 e. The standard InChI is InChI=1S/C14H18FN3O2S/c15-12-9-10(1-2-11(12)14(16)21)17-4-3-13(19)18-5-7-20-8-6-18/h1-2,9,17H,3-8H2,(H2,16,21). The zero-order valence-electron chi connectivity index (χ0n) is 11.6. The van der Waals surface area contributed by atoms with Gasteiger partial charge in [0.15, 0.2) is 0 Å². The lowest BCUT2D eigenvalue weighted by atomic mass is 10.2. The van der Waals surface area contributed by atoms with E-state index in [0.29, 0.717) is 45.0 Å². The highest BCUT2D eigenvalue weighted by molar-refractivity contribution is 7.80. The average Bonchev–Trinajstić information content (AvgIpc) is 2.47. The summed E-state index contributed by atoms with van der Waals surface area (Å²) in [5.74, 6) is -0.391. The summed E-state index contributed by atoms with van der Waals surface area (Å²) < 4.78 is 18.9. The third-order valence-electron chi connectivity index (χ3n) is 3.27. The van der Waals surface area contributed by atoms with E-state index in [1.54, 1.807) is 11.0 Å². The van der Waals surface area contributed by atoms with Crippen molar-refractivity contribution in [3.63, 3.8) is 0 Å². The van der Waals surface area contributed by atoms with E-state index in [0.717, 1.165) is 0 Å². The Kier molecular flexibility index (Phi) is 5.46. The zero-order valence-corrected chi connectivity index (χ0v) is 12.4. The van der Waals surface area contributed by atoms with Crippen LogP contribution in [0, 0.1) is 5.82 Å². The number of hydrogen-bond acceptors (Lipinski definition) is 4. The van der Waals surface area contributed by atoms with Gasteiger partial charge in [0.2, 0.25) is 5.91 Å². The smallest absolute Gasteiger partial charge is 0.224 e. The van der Waals surface area contributed by atoms with E-state index >= 15 is 0 Å². The number of halogens is 1. The Morgan fingerprint density at radius 2 is 2.14 bits per heavy atom. The first-order valence-electron chi connectivity index (χ1n) is 6.76. The van der Waals surface area contributed by atoms with Gasteiger partial charge in [0.1, 0.15) is 10.8 Å². The summed E-state index contributed by atoms with van der Waals surface area (Å²) in [5.41, 5.74) is 6.22. The van der Waals surface area contributed by atoms with Crippen LogP contribution in [0.5, 0.6) is 0 Å². The number of benzene rings is 1. The minimum absolute atomic E-state index is 0.0292. The van der Waals surface area contributed by atoms with Gasteiger partial charge in [-0.05, 0) is 18.2 Å². The SMILES string of the molecule is NC(=S)c1ccc(NCCC(=O)N2CCOCC2)cc1F. The number of nitrogens with one attached hydrogen (secondary N) is 1. The molecule has 7 heteroatoms. The summed E-state index contributed by atoms with van der Waals surface area (Å²) >= 11 is 4.74. The number of nitrogens with zero attached hydrogens (tertiary/aromatic N) is 1. The monoisotopic (exact) mass is 311 g/mol. The van der Waals surface area contributed by atoms with Crippen LogP contribution in [-0.2, 0) is 9.53 Å². The molecule has 1 amide bonds. The molecular weight excluding hydrogens is 293 g/mol. The Bertz CT molecular complexity index is 533. The van der Waals surface area contributed by atoms with Crippen molar-refractivity contribution in [1.82, 2.24) is 4.90 Å². The maximum atomic E-state index is 13.7. The third-order valence-corrected chi connectivity index (χ3v) is 3.49. The first-order chi connectivity index (χ1) is 10.1. The number of carbonyl (C=O) groups excluding carboxylic acids is 1. The predicted molar refractivity (Wildman–Crippen MR) is 82.8 cm³/mol. The van der Waals surface area contributed by atoms with Crippen LogP contribution in [0.2, 0.25) is 0 Å². The summed E-state index contributed by atoms with van der Waals surface area (Å²) in [6.07, 6.45) is 0.360. The number of anilines is 1. The van der Waals surface area contributed by atoms with Crippen molar-refractivity contribution in [2.45, 2.75) is 6.42 Å². The topological polar surface area (TPSA) is 67.6 Å². The third kappa shape index (κ3) is 4.37. The van der Waals surface area contributed by atoms with Crippen molar-refractivity contribution >= 4 is 28.8 Å². The van der Waals surface area contributed by atoms with Crippen LogP contribution in [-0.4, -0.2) is 48.6 Å². The van der Waals surface area contributed by atoms with Crippen LogP contribution in [0.15, 0.2) is 18.2 Å². The fourth-order valence-electron chi connectivity index (χ4n) is 2.11. The number of amides is 1. The van der Waals surface area contributed by atoms with Crippen molar-refractivity contribution < 1.29 is 13.9 Å². The zero-order chi connectivity index (χ0) is 15.2. The normalized spacial score (nSPS) is 14.8. The van der Waals surface area contributed by atoms with Gasteiger partial charge in [0.05, 0.1) is 13.2 Å². The van der Waals surface area contributed by atoms with Gasteiger partial charge in [0, 0.05) is 37.3 Å². The first kappa shape index (κ1) is 15.7. The average molecular weight is 311 g/mol. The number of rotatable bonds is 5. The molecule has 3 N–H and O–H groups in total. The summed E-state index contributed by atoms with van der Waals surface area (Å²) in [7, 11) is 0. The molecule has 21 heavy (non-hydrogen) atoms. The van der Waals surface area contributed by atoms with Crippen LogP contribution in [0.1, 0.15) is 12.0 Å². The van der Waals surface area contributed by atoms with E-state index in [2.05, 4.69) is 5.32 Å². The van der Waals surface area contributed by atoms with E-state index in [1.807, 2.05) is 0 Å². The second kappa shape index (κ2) is 7.33. The molecule has 1 aromatic carbocycles. The van der Waals surface area contributed by atoms with Gasteiger partial charge >= 0.3 is 0 Å². The molecule has 1 fully saturated rings. The summed E-state index contributed by atoms with van der Waals surface area (Å²) in [5, 5.41) is 3.02. The maximum Gasteiger partial charge on any atom is 0.224 e. The molecule has 1 aliphatic heterocycles. The Hall–Kier alpha value is -1.73. The molecule has 5 nitrogen and oxygen atoms in total. The molecule has 114 valence electrons. The van der Waals surface area contributed by atoms with Crippen LogP contribution >= 0.6 is 12.2 Å². The van der Waals surface area contributed by atoms with Gasteiger partial charge in [-0.15, -0.1) is 0 Å². The van der Waals surface area contributed by atoms with Gasteiger partial charge in [-0.1, -0.05) is 12.2 Å².